The zero-order chi connectivity index (χ0) is 18.4. The average molecular weight is 386 g/mol. The third kappa shape index (κ3) is 3.33. The van der Waals surface area contributed by atoms with Gasteiger partial charge in [0.15, 0.2) is 9.84 Å². The van der Waals surface area contributed by atoms with Crippen molar-refractivity contribution in [1.29, 1.82) is 0 Å². The third-order valence-electron chi connectivity index (χ3n) is 4.61. The summed E-state index contributed by atoms with van der Waals surface area (Å²) in [5.74, 6) is -1.69. The van der Waals surface area contributed by atoms with Crippen LogP contribution in [0.15, 0.2) is 24.3 Å². The summed E-state index contributed by atoms with van der Waals surface area (Å²) in [4.78, 5) is 25.4. The van der Waals surface area contributed by atoms with Crippen molar-refractivity contribution in [3.05, 3.63) is 35.4 Å². The molecule has 0 aliphatic carbocycles. The maximum Gasteiger partial charge on any atom is 0.261 e. The molecule has 1 fully saturated rings. The van der Waals surface area contributed by atoms with E-state index >= 15 is 0 Å². The van der Waals surface area contributed by atoms with E-state index in [9.17, 15) is 26.4 Å². The number of rotatable bonds is 5. The van der Waals surface area contributed by atoms with Crippen molar-refractivity contribution in [3.63, 3.8) is 0 Å². The summed E-state index contributed by atoms with van der Waals surface area (Å²) in [6, 6.07) is 5.73. The second kappa shape index (κ2) is 6.19. The Hall–Kier alpha value is -1.78. The molecule has 0 N–H and O–H groups in total. The quantitative estimate of drug-likeness (QED) is 0.645. The summed E-state index contributed by atoms with van der Waals surface area (Å²) < 4.78 is 49.0. The predicted octanol–water partition coefficient (Wildman–Crippen LogP) is -0.269. The van der Waals surface area contributed by atoms with Crippen LogP contribution >= 0.6 is 0 Å². The Morgan fingerprint density at radius 1 is 1.16 bits per heavy atom. The average Bonchev–Trinajstić information content (AvgIpc) is 3.04. The Labute approximate surface area is 146 Å². The molecule has 136 valence electrons. The fourth-order valence-electron chi connectivity index (χ4n) is 3.08. The van der Waals surface area contributed by atoms with Gasteiger partial charge in [0.2, 0.25) is 10.0 Å². The van der Waals surface area contributed by atoms with E-state index in [0.29, 0.717) is 0 Å². The summed E-state index contributed by atoms with van der Waals surface area (Å²) in [6.45, 7) is -0.265. The number of fused-ring (bicyclic) bond motifs is 1. The van der Waals surface area contributed by atoms with Crippen LogP contribution in [0.25, 0.3) is 0 Å². The SMILES string of the molecule is CN(C1CCS(=O)(=O)C1)S(=O)(=O)CCN1C(=O)c2ccccc2C1=O. The van der Waals surface area contributed by atoms with Gasteiger partial charge in [-0.15, -0.1) is 0 Å². The lowest BCUT2D eigenvalue weighted by Gasteiger charge is -2.24. The highest BCUT2D eigenvalue weighted by Gasteiger charge is 2.38. The molecule has 0 saturated carbocycles. The van der Waals surface area contributed by atoms with Crippen molar-refractivity contribution in [2.24, 2.45) is 0 Å². The summed E-state index contributed by atoms with van der Waals surface area (Å²) in [6.07, 6.45) is 0.255. The maximum atomic E-state index is 12.5. The normalized spacial score (nSPS) is 22.6. The van der Waals surface area contributed by atoms with Gasteiger partial charge in [0.1, 0.15) is 0 Å². The number of carbonyl (C=O) groups is 2. The fourth-order valence-corrected chi connectivity index (χ4v) is 6.29. The maximum absolute atomic E-state index is 12.5. The molecule has 25 heavy (non-hydrogen) atoms. The first-order chi connectivity index (χ1) is 11.6. The van der Waals surface area contributed by atoms with E-state index < -0.39 is 43.5 Å². The summed E-state index contributed by atoms with van der Waals surface area (Å²) in [7, 11) is -5.67. The van der Waals surface area contributed by atoms with E-state index in [2.05, 4.69) is 0 Å². The van der Waals surface area contributed by atoms with E-state index in [1.165, 1.54) is 19.2 Å². The molecule has 0 radical (unpaired) electrons. The van der Waals surface area contributed by atoms with Gasteiger partial charge in [-0.1, -0.05) is 12.1 Å². The monoisotopic (exact) mass is 386 g/mol. The standard InChI is InChI=1S/C15H18N2O6S2/c1-16(11-6-8-24(20,21)10-11)25(22,23)9-7-17-14(18)12-4-2-3-5-13(12)15(17)19/h2-5,11H,6-10H2,1H3. The van der Waals surface area contributed by atoms with Crippen LogP contribution in [0.1, 0.15) is 27.1 Å². The van der Waals surface area contributed by atoms with E-state index in [-0.39, 0.29) is 35.6 Å². The van der Waals surface area contributed by atoms with Gasteiger partial charge in [-0.2, -0.15) is 0 Å². The molecule has 1 aromatic carbocycles. The minimum absolute atomic E-state index is 0.0318. The van der Waals surface area contributed by atoms with Gasteiger partial charge in [0.05, 0.1) is 28.4 Å². The van der Waals surface area contributed by atoms with Crippen molar-refractivity contribution in [1.82, 2.24) is 9.21 Å². The second-order valence-electron chi connectivity index (χ2n) is 6.20. The molecule has 3 rings (SSSR count). The summed E-state index contributed by atoms with van der Waals surface area (Å²) in [5.41, 5.74) is 0.528. The predicted molar refractivity (Wildman–Crippen MR) is 90.4 cm³/mol. The number of sulfone groups is 1. The van der Waals surface area contributed by atoms with E-state index in [4.69, 9.17) is 0 Å². The molecule has 1 aromatic rings. The first-order valence-corrected chi connectivity index (χ1v) is 11.2. The lowest BCUT2D eigenvalue weighted by molar-refractivity contribution is 0.0663. The van der Waals surface area contributed by atoms with Crippen molar-refractivity contribution >= 4 is 31.7 Å². The van der Waals surface area contributed by atoms with Gasteiger partial charge >= 0.3 is 0 Å². The minimum atomic E-state index is -3.79. The van der Waals surface area contributed by atoms with Gasteiger partial charge in [0, 0.05) is 19.6 Å². The number of carbonyl (C=O) groups excluding carboxylic acids is 2. The first-order valence-electron chi connectivity index (χ1n) is 7.74. The zero-order valence-corrected chi connectivity index (χ0v) is 15.2. The Morgan fingerprint density at radius 3 is 2.20 bits per heavy atom. The molecule has 1 saturated heterocycles. The van der Waals surface area contributed by atoms with E-state index in [1.807, 2.05) is 0 Å². The van der Waals surface area contributed by atoms with Gasteiger partial charge in [-0.05, 0) is 18.6 Å². The van der Waals surface area contributed by atoms with Crippen LogP contribution in [0, 0.1) is 0 Å². The highest BCUT2D eigenvalue weighted by molar-refractivity contribution is 7.92. The lowest BCUT2D eigenvalue weighted by Crippen LogP contribution is -2.42. The molecular weight excluding hydrogens is 368 g/mol. The Morgan fingerprint density at radius 2 is 1.72 bits per heavy atom. The van der Waals surface area contributed by atoms with Crippen LogP contribution in [0.4, 0.5) is 0 Å². The summed E-state index contributed by atoms with van der Waals surface area (Å²) >= 11 is 0. The number of hydrogen-bond donors (Lipinski definition) is 0. The number of amides is 2. The van der Waals surface area contributed by atoms with Crippen LogP contribution in [-0.4, -0.2) is 74.7 Å². The second-order valence-corrected chi connectivity index (χ2v) is 10.6. The van der Waals surface area contributed by atoms with Crippen LogP contribution in [0.2, 0.25) is 0 Å². The molecule has 1 atom stereocenters. The van der Waals surface area contributed by atoms with Crippen LogP contribution in [0.5, 0.6) is 0 Å². The molecular formula is C15H18N2O6S2. The topological polar surface area (TPSA) is 109 Å². The van der Waals surface area contributed by atoms with Crippen molar-refractivity contribution in [3.8, 4) is 0 Å². The first kappa shape index (κ1) is 18.0. The Balaban J connectivity index is 1.69. The smallest absolute Gasteiger partial charge is 0.261 e. The largest absolute Gasteiger partial charge is 0.273 e. The zero-order valence-electron chi connectivity index (χ0n) is 13.6. The fraction of sp³-hybridized carbons (Fsp3) is 0.467. The van der Waals surface area contributed by atoms with E-state index in [1.54, 1.807) is 12.1 Å². The summed E-state index contributed by atoms with van der Waals surface area (Å²) in [5, 5.41) is 0. The van der Waals surface area contributed by atoms with Crippen LogP contribution in [0.3, 0.4) is 0 Å². The Kier molecular flexibility index (Phi) is 4.46. The molecule has 8 nitrogen and oxygen atoms in total. The van der Waals surface area contributed by atoms with Gasteiger partial charge in [0.25, 0.3) is 11.8 Å². The van der Waals surface area contributed by atoms with Crippen molar-refractivity contribution in [2.45, 2.75) is 12.5 Å². The molecule has 2 heterocycles. The Bertz CT molecular complexity index is 904. The molecule has 1 unspecified atom stereocenters. The molecule has 0 aromatic heterocycles. The molecule has 2 aliphatic heterocycles. The molecule has 10 heteroatoms. The highest BCUT2D eigenvalue weighted by Crippen LogP contribution is 2.23. The lowest BCUT2D eigenvalue weighted by atomic mass is 10.1. The highest BCUT2D eigenvalue weighted by atomic mass is 32.2. The molecule has 2 aliphatic rings. The van der Waals surface area contributed by atoms with Gasteiger partial charge in [-0.3, -0.25) is 14.5 Å². The minimum Gasteiger partial charge on any atom is -0.273 e. The number of nitrogens with zero attached hydrogens (tertiary/aromatic N) is 2. The molecule has 0 spiro atoms. The van der Waals surface area contributed by atoms with Gasteiger partial charge in [-0.25, -0.2) is 21.1 Å². The van der Waals surface area contributed by atoms with Gasteiger partial charge < -0.3 is 0 Å². The van der Waals surface area contributed by atoms with Crippen molar-refractivity contribution < 1.29 is 26.4 Å². The molecule has 2 amide bonds. The van der Waals surface area contributed by atoms with Crippen molar-refractivity contribution in [2.75, 3.05) is 30.9 Å². The number of imide groups is 1. The third-order valence-corrected chi connectivity index (χ3v) is 8.24. The number of sulfonamides is 1. The van der Waals surface area contributed by atoms with Crippen LogP contribution in [-0.2, 0) is 19.9 Å². The number of benzene rings is 1. The number of hydrogen-bond acceptors (Lipinski definition) is 6. The van der Waals surface area contributed by atoms with E-state index in [0.717, 1.165) is 9.21 Å². The van der Waals surface area contributed by atoms with Crippen LogP contribution < -0.4 is 0 Å². The molecule has 0 bridgehead atoms.